The van der Waals surface area contributed by atoms with Crippen LogP contribution >= 0.6 is 0 Å². The molecule has 0 saturated heterocycles. The number of benzene rings is 2. The van der Waals surface area contributed by atoms with Crippen molar-refractivity contribution in [1.29, 1.82) is 0 Å². The van der Waals surface area contributed by atoms with Crippen LogP contribution < -0.4 is 15.5 Å². The fourth-order valence-corrected chi connectivity index (χ4v) is 5.08. The quantitative estimate of drug-likeness (QED) is 0.214. The number of nitrogens with zero attached hydrogens (tertiary/aromatic N) is 3. The Bertz CT molecular complexity index is 1340. The van der Waals surface area contributed by atoms with Gasteiger partial charge in [0.15, 0.2) is 0 Å². The van der Waals surface area contributed by atoms with Gasteiger partial charge in [0.25, 0.3) is 0 Å². The Morgan fingerprint density at radius 1 is 0.886 bits per heavy atom. The molecular formula is C34H45F2N5O3. The summed E-state index contributed by atoms with van der Waals surface area (Å²) < 4.78 is 27.9. The number of hydrogen-bond donors (Lipinski definition) is 3. The largest absolute Gasteiger partial charge is 0.390 e. The maximum absolute atomic E-state index is 13.9. The molecule has 0 unspecified atom stereocenters. The van der Waals surface area contributed by atoms with Crippen molar-refractivity contribution in [1.82, 2.24) is 20.5 Å². The van der Waals surface area contributed by atoms with Crippen LogP contribution in [0, 0.1) is 11.6 Å². The maximum Gasteiger partial charge on any atom is 0.227 e. The Hall–Kier alpha value is -3.89. The van der Waals surface area contributed by atoms with Crippen molar-refractivity contribution in [3.05, 3.63) is 94.8 Å². The Balaban J connectivity index is 1.67. The van der Waals surface area contributed by atoms with Crippen LogP contribution in [0.1, 0.15) is 48.9 Å². The third-order valence-corrected chi connectivity index (χ3v) is 7.21. The molecule has 0 bridgehead atoms. The van der Waals surface area contributed by atoms with Crippen molar-refractivity contribution in [2.24, 2.45) is 0 Å². The average molecular weight is 610 g/mol. The number of aliphatic hydroxyl groups excluding tert-OH is 1. The second kappa shape index (κ2) is 17.4. The van der Waals surface area contributed by atoms with Gasteiger partial charge in [-0.15, -0.1) is 0 Å². The second-order valence-electron chi connectivity index (χ2n) is 11.4. The molecule has 2 atom stereocenters. The molecule has 2 amide bonds. The van der Waals surface area contributed by atoms with Crippen LogP contribution in [0.2, 0.25) is 0 Å². The molecule has 0 spiro atoms. The summed E-state index contributed by atoms with van der Waals surface area (Å²) in [5, 5.41) is 17.2. The first-order valence-corrected chi connectivity index (χ1v) is 15.2. The Morgan fingerprint density at radius 3 is 2.18 bits per heavy atom. The number of aliphatic hydroxyl groups is 1. The summed E-state index contributed by atoms with van der Waals surface area (Å²) in [5.74, 6) is -1.82. The molecule has 3 aromatic rings. The van der Waals surface area contributed by atoms with Gasteiger partial charge in [-0.3, -0.25) is 14.6 Å². The van der Waals surface area contributed by atoms with E-state index in [9.17, 15) is 23.5 Å². The summed E-state index contributed by atoms with van der Waals surface area (Å²) >= 11 is 0. The van der Waals surface area contributed by atoms with Gasteiger partial charge in [0.05, 0.1) is 25.0 Å². The lowest BCUT2D eigenvalue weighted by atomic mass is 10.00. The standard InChI is InChI=1S/C34H45F2N5O3/c1-5-10-41(11-6-2)34(44)18-27-12-26(21-37-22-27)17-33(43)39-31(16-25-13-28(35)19-29(36)14-25)32(42)23-38-20-24-8-7-9-30(15-24)40(3)4/h7-9,12-15,19,21-22,31-32,38,42H,5-6,10-11,16-18,20,23H2,1-4H3,(H,39,43)/t31-,32+/m0/s1. The van der Waals surface area contributed by atoms with E-state index in [4.69, 9.17) is 0 Å². The van der Waals surface area contributed by atoms with Crippen LogP contribution in [-0.4, -0.2) is 72.7 Å². The van der Waals surface area contributed by atoms with E-state index in [1.165, 1.54) is 12.1 Å². The predicted molar refractivity (Wildman–Crippen MR) is 169 cm³/mol. The van der Waals surface area contributed by atoms with Crippen molar-refractivity contribution in [3.63, 3.8) is 0 Å². The van der Waals surface area contributed by atoms with E-state index < -0.39 is 23.8 Å². The summed E-state index contributed by atoms with van der Waals surface area (Å²) in [6, 6.07) is 12.1. The van der Waals surface area contributed by atoms with E-state index in [0.29, 0.717) is 36.3 Å². The SMILES string of the molecule is CCCN(CCC)C(=O)Cc1cncc(CC(=O)N[C@@H](Cc2cc(F)cc(F)c2)[C@H](O)CNCc2cccc(N(C)C)c2)c1. The third-order valence-electron chi connectivity index (χ3n) is 7.21. The van der Waals surface area contributed by atoms with E-state index in [-0.39, 0.29) is 37.6 Å². The normalized spacial score (nSPS) is 12.4. The molecule has 3 rings (SSSR count). The molecule has 8 nitrogen and oxygen atoms in total. The van der Waals surface area contributed by atoms with Crippen molar-refractivity contribution >= 4 is 17.5 Å². The minimum absolute atomic E-state index is 0.0172. The molecule has 3 N–H and O–H groups in total. The van der Waals surface area contributed by atoms with E-state index in [1.807, 2.05) is 62.0 Å². The zero-order chi connectivity index (χ0) is 32.1. The van der Waals surface area contributed by atoms with Gasteiger partial charge in [0.2, 0.25) is 11.8 Å². The van der Waals surface area contributed by atoms with E-state index in [0.717, 1.165) is 30.2 Å². The van der Waals surface area contributed by atoms with Gasteiger partial charge in [-0.05, 0) is 65.8 Å². The number of amides is 2. The van der Waals surface area contributed by atoms with Crippen LogP contribution in [0.25, 0.3) is 0 Å². The highest BCUT2D eigenvalue weighted by molar-refractivity contribution is 5.80. The molecule has 0 fully saturated rings. The number of hydrogen-bond acceptors (Lipinski definition) is 6. The van der Waals surface area contributed by atoms with Gasteiger partial charge < -0.3 is 25.5 Å². The second-order valence-corrected chi connectivity index (χ2v) is 11.4. The monoisotopic (exact) mass is 609 g/mol. The zero-order valence-corrected chi connectivity index (χ0v) is 26.2. The van der Waals surface area contributed by atoms with Crippen molar-refractivity contribution in [2.45, 2.75) is 64.6 Å². The third kappa shape index (κ3) is 11.3. The van der Waals surface area contributed by atoms with Gasteiger partial charge in [-0.2, -0.15) is 0 Å². The molecule has 1 heterocycles. The minimum Gasteiger partial charge on any atom is -0.390 e. The lowest BCUT2D eigenvalue weighted by Gasteiger charge is -2.25. The van der Waals surface area contributed by atoms with Gasteiger partial charge in [-0.1, -0.05) is 32.0 Å². The smallest absolute Gasteiger partial charge is 0.227 e. The lowest BCUT2D eigenvalue weighted by molar-refractivity contribution is -0.130. The highest BCUT2D eigenvalue weighted by atomic mass is 19.1. The Labute approximate surface area is 259 Å². The molecule has 0 aliphatic heterocycles. The van der Waals surface area contributed by atoms with Crippen molar-refractivity contribution in [2.75, 3.05) is 38.6 Å². The maximum atomic E-state index is 13.9. The number of nitrogens with one attached hydrogen (secondary N) is 2. The molecule has 0 radical (unpaired) electrons. The van der Waals surface area contributed by atoms with Gasteiger partial charge in [0.1, 0.15) is 11.6 Å². The highest BCUT2D eigenvalue weighted by Gasteiger charge is 2.23. The van der Waals surface area contributed by atoms with Crippen LogP contribution in [-0.2, 0) is 35.4 Å². The van der Waals surface area contributed by atoms with E-state index >= 15 is 0 Å². The average Bonchev–Trinajstić information content (AvgIpc) is 2.96. The summed E-state index contributed by atoms with van der Waals surface area (Å²) in [4.78, 5) is 34.1. The number of halogens is 2. The zero-order valence-electron chi connectivity index (χ0n) is 26.2. The molecule has 238 valence electrons. The number of carbonyl (C=O) groups excluding carboxylic acids is 2. The van der Waals surface area contributed by atoms with Crippen LogP contribution in [0.5, 0.6) is 0 Å². The summed E-state index contributed by atoms with van der Waals surface area (Å²) in [6.07, 6.45) is 4.08. The molecule has 0 aliphatic rings. The first-order chi connectivity index (χ1) is 21.1. The van der Waals surface area contributed by atoms with E-state index in [1.54, 1.807) is 18.5 Å². The topological polar surface area (TPSA) is 97.8 Å². The molecule has 0 saturated carbocycles. The van der Waals surface area contributed by atoms with Crippen LogP contribution in [0.3, 0.4) is 0 Å². The number of anilines is 1. The fourth-order valence-electron chi connectivity index (χ4n) is 5.08. The Morgan fingerprint density at radius 2 is 1.55 bits per heavy atom. The number of pyridine rings is 1. The summed E-state index contributed by atoms with van der Waals surface area (Å²) in [7, 11) is 3.92. The Kier molecular flexibility index (Phi) is 13.7. The molecule has 0 aliphatic carbocycles. The summed E-state index contributed by atoms with van der Waals surface area (Å²) in [5.41, 5.74) is 3.72. The predicted octanol–water partition coefficient (Wildman–Crippen LogP) is 4.04. The molecule has 44 heavy (non-hydrogen) atoms. The van der Waals surface area contributed by atoms with E-state index in [2.05, 4.69) is 15.6 Å². The van der Waals surface area contributed by atoms with Crippen LogP contribution in [0.15, 0.2) is 60.9 Å². The molecule has 1 aromatic heterocycles. The van der Waals surface area contributed by atoms with Gasteiger partial charge >= 0.3 is 0 Å². The number of rotatable bonds is 17. The van der Waals surface area contributed by atoms with Crippen molar-refractivity contribution in [3.8, 4) is 0 Å². The minimum atomic E-state index is -1.05. The first-order valence-electron chi connectivity index (χ1n) is 15.2. The van der Waals surface area contributed by atoms with Crippen LogP contribution in [0.4, 0.5) is 14.5 Å². The highest BCUT2D eigenvalue weighted by Crippen LogP contribution is 2.15. The van der Waals surface area contributed by atoms with Gasteiger partial charge in [0, 0.05) is 64.4 Å². The molecule has 2 aromatic carbocycles. The molecular weight excluding hydrogens is 564 g/mol. The summed E-state index contributed by atoms with van der Waals surface area (Å²) in [6.45, 7) is 6.08. The van der Waals surface area contributed by atoms with Gasteiger partial charge in [-0.25, -0.2) is 8.78 Å². The first kappa shape index (κ1) is 34.6. The lowest BCUT2D eigenvalue weighted by Crippen LogP contribution is -2.49. The number of carbonyl (C=O) groups is 2. The fraction of sp³-hybridized carbons (Fsp3) is 0.441. The number of aromatic nitrogens is 1. The van der Waals surface area contributed by atoms with Crippen molar-refractivity contribution < 1.29 is 23.5 Å². The molecule has 10 heteroatoms.